The van der Waals surface area contributed by atoms with E-state index < -0.39 is 0 Å². The van der Waals surface area contributed by atoms with E-state index in [1.165, 1.54) is 25.7 Å². The highest BCUT2D eigenvalue weighted by Gasteiger charge is 2.22. The van der Waals surface area contributed by atoms with Gasteiger partial charge in [-0.15, -0.1) is 0 Å². The van der Waals surface area contributed by atoms with E-state index in [2.05, 4.69) is 48.5 Å². The Morgan fingerprint density at radius 2 is 1.53 bits per heavy atom. The van der Waals surface area contributed by atoms with Crippen molar-refractivity contribution in [1.82, 2.24) is 0 Å². The third kappa shape index (κ3) is 6.22. The van der Waals surface area contributed by atoms with Gasteiger partial charge in [-0.05, 0) is 36.0 Å². The highest BCUT2D eigenvalue weighted by molar-refractivity contribution is 4.74. The van der Waals surface area contributed by atoms with Crippen LogP contribution in [0.5, 0.6) is 0 Å². The first-order valence-corrected chi connectivity index (χ1v) is 6.82. The smallest absolute Gasteiger partial charge is 0.0354 e. The normalized spacial score (nSPS) is 16.8. The molecule has 2 atom stereocenters. The van der Waals surface area contributed by atoms with E-state index in [0.29, 0.717) is 5.41 Å². The van der Waals surface area contributed by atoms with Crippen molar-refractivity contribution in [3.8, 4) is 0 Å². The molecule has 0 bridgehead atoms. The van der Waals surface area contributed by atoms with Crippen LogP contribution in [0.2, 0.25) is 0 Å². The summed E-state index contributed by atoms with van der Waals surface area (Å²) in [5, 5.41) is 0. The molecule has 92 valence electrons. The molecule has 0 N–H and O–H groups in total. The van der Waals surface area contributed by atoms with Crippen LogP contribution in [0.1, 0.15) is 74.1 Å². The minimum Gasteiger partial charge on any atom is -0.0651 e. The molecule has 0 rings (SSSR count). The Kier molecular flexibility index (Phi) is 6.55. The van der Waals surface area contributed by atoms with Gasteiger partial charge in [0.25, 0.3) is 0 Å². The van der Waals surface area contributed by atoms with Gasteiger partial charge in [0.05, 0.1) is 0 Å². The molecule has 0 aromatic heterocycles. The van der Waals surface area contributed by atoms with Gasteiger partial charge >= 0.3 is 0 Å². The van der Waals surface area contributed by atoms with E-state index in [-0.39, 0.29) is 0 Å². The Morgan fingerprint density at radius 3 is 1.87 bits per heavy atom. The lowest BCUT2D eigenvalue weighted by Crippen LogP contribution is -2.19. The van der Waals surface area contributed by atoms with Crippen molar-refractivity contribution >= 4 is 0 Å². The zero-order valence-electron chi connectivity index (χ0n) is 12.1. The van der Waals surface area contributed by atoms with Crippen LogP contribution < -0.4 is 0 Å². The molecule has 0 saturated heterocycles. The molecule has 0 aliphatic heterocycles. The van der Waals surface area contributed by atoms with Gasteiger partial charge in [-0.3, -0.25) is 0 Å². The number of rotatable bonds is 7. The maximum atomic E-state index is 2.41. The molecule has 2 unspecified atom stereocenters. The second-order valence-electron chi connectivity index (χ2n) is 6.45. The van der Waals surface area contributed by atoms with E-state index in [9.17, 15) is 0 Å². The predicted octanol–water partition coefficient (Wildman–Crippen LogP) is 5.52. The van der Waals surface area contributed by atoms with Crippen molar-refractivity contribution in [2.24, 2.45) is 23.2 Å². The predicted molar refractivity (Wildman–Crippen MR) is 71.1 cm³/mol. The van der Waals surface area contributed by atoms with E-state index in [1.807, 2.05) is 0 Å². The third-order valence-electron chi connectivity index (χ3n) is 4.22. The van der Waals surface area contributed by atoms with Crippen molar-refractivity contribution < 1.29 is 0 Å². The van der Waals surface area contributed by atoms with Crippen LogP contribution in [0, 0.1) is 23.2 Å². The lowest BCUT2D eigenvalue weighted by Gasteiger charge is -2.30. The maximum Gasteiger partial charge on any atom is -0.0354 e. The van der Waals surface area contributed by atoms with Gasteiger partial charge in [0.15, 0.2) is 0 Å². The molecular weight excluding hydrogens is 180 g/mol. The molecule has 0 aromatic carbocycles. The quantitative estimate of drug-likeness (QED) is 0.521. The molecule has 0 nitrogen and oxygen atoms in total. The minimum absolute atomic E-state index is 0.539. The fourth-order valence-corrected chi connectivity index (χ4v) is 2.12. The molecule has 0 spiro atoms. The van der Waals surface area contributed by atoms with Crippen LogP contribution in [0.3, 0.4) is 0 Å². The zero-order valence-corrected chi connectivity index (χ0v) is 12.1. The highest BCUT2D eigenvalue weighted by Crippen LogP contribution is 2.34. The van der Waals surface area contributed by atoms with E-state index >= 15 is 0 Å². The summed E-state index contributed by atoms with van der Waals surface area (Å²) in [7, 11) is 0. The summed E-state index contributed by atoms with van der Waals surface area (Å²) in [6.45, 7) is 16.6. The molecule has 0 saturated carbocycles. The standard InChI is InChI=1S/C15H32/c1-8-14(10-13(5)12(3)4)11-15(6,7)9-2/h12-14H,8-11H2,1-7H3. The Hall–Kier alpha value is 0. The summed E-state index contributed by atoms with van der Waals surface area (Å²) in [6, 6.07) is 0. The molecule has 0 amide bonds. The molecule has 0 heterocycles. The van der Waals surface area contributed by atoms with Crippen molar-refractivity contribution in [2.45, 2.75) is 74.1 Å². The average Bonchev–Trinajstić information content (AvgIpc) is 2.16. The van der Waals surface area contributed by atoms with Crippen LogP contribution >= 0.6 is 0 Å². The molecule has 0 heteroatoms. The van der Waals surface area contributed by atoms with Gasteiger partial charge in [-0.2, -0.15) is 0 Å². The van der Waals surface area contributed by atoms with Crippen molar-refractivity contribution in [3.05, 3.63) is 0 Å². The SMILES string of the molecule is CCC(CC(C)C(C)C)CC(C)(C)CC. The van der Waals surface area contributed by atoms with Crippen molar-refractivity contribution in [3.63, 3.8) is 0 Å². The Labute approximate surface area is 97.8 Å². The van der Waals surface area contributed by atoms with Gasteiger partial charge in [0.1, 0.15) is 0 Å². The van der Waals surface area contributed by atoms with Crippen LogP contribution in [0.15, 0.2) is 0 Å². The van der Waals surface area contributed by atoms with Crippen LogP contribution in [0.25, 0.3) is 0 Å². The molecule has 0 radical (unpaired) electrons. The monoisotopic (exact) mass is 212 g/mol. The first-order valence-electron chi connectivity index (χ1n) is 6.82. The summed E-state index contributed by atoms with van der Waals surface area (Å²) in [6.07, 6.45) is 5.47. The minimum atomic E-state index is 0.539. The second-order valence-corrected chi connectivity index (χ2v) is 6.45. The topological polar surface area (TPSA) is 0 Å². The van der Waals surface area contributed by atoms with Gasteiger partial charge < -0.3 is 0 Å². The van der Waals surface area contributed by atoms with Crippen molar-refractivity contribution in [1.29, 1.82) is 0 Å². The van der Waals surface area contributed by atoms with E-state index in [4.69, 9.17) is 0 Å². The molecule has 0 aromatic rings. The van der Waals surface area contributed by atoms with E-state index in [0.717, 1.165) is 17.8 Å². The molecule has 0 aliphatic carbocycles. The largest absolute Gasteiger partial charge is 0.0651 e. The summed E-state index contributed by atoms with van der Waals surface area (Å²) in [4.78, 5) is 0. The average molecular weight is 212 g/mol. The summed E-state index contributed by atoms with van der Waals surface area (Å²) < 4.78 is 0. The van der Waals surface area contributed by atoms with Gasteiger partial charge in [-0.1, -0.05) is 61.3 Å². The summed E-state index contributed by atoms with van der Waals surface area (Å²) >= 11 is 0. The fraction of sp³-hybridized carbons (Fsp3) is 1.00. The highest BCUT2D eigenvalue weighted by atomic mass is 14.3. The summed E-state index contributed by atoms with van der Waals surface area (Å²) in [5.41, 5.74) is 0.539. The maximum absolute atomic E-state index is 2.41. The number of hydrogen-bond donors (Lipinski definition) is 0. The van der Waals surface area contributed by atoms with Gasteiger partial charge in [-0.25, -0.2) is 0 Å². The van der Waals surface area contributed by atoms with Crippen molar-refractivity contribution in [2.75, 3.05) is 0 Å². The Bertz CT molecular complexity index is 155. The lowest BCUT2D eigenvalue weighted by atomic mass is 9.75. The van der Waals surface area contributed by atoms with Crippen LogP contribution in [0.4, 0.5) is 0 Å². The first kappa shape index (κ1) is 15.0. The second kappa shape index (κ2) is 6.55. The Morgan fingerprint density at radius 1 is 1.00 bits per heavy atom. The Balaban J connectivity index is 4.14. The molecular formula is C15H32. The van der Waals surface area contributed by atoms with Gasteiger partial charge in [0.2, 0.25) is 0 Å². The zero-order chi connectivity index (χ0) is 12.1. The molecule has 0 fully saturated rings. The lowest BCUT2D eigenvalue weighted by molar-refractivity contribution is 0.211. The van der Waals surface area contributed by atoms with Crippen LogP contribution in [-0.4, -0.2) is 0 Å². The molecule has 15 heavy (non-hydrogen) atoms. The molecule has 0 aliphatic rings. The van der Waals surface area contributed by atoms with Crippen LogP contribution in [-0.2, 0) is 0 Å². The van der Waals surface area contributed by atoms with E-state index in [1.54, 1.807) is 0 Å². The third-order valence-corrected chi connectivity index (χ3v) is 4.22. The first-order chi connectivity index (χ1) is 6.82. The number of hydrogen-bond acceptors (Lipinski definition) is 0. The summed E-state index contributed by atoms with van der Waals surface area (Å²) in [5.74, 6) is 2.64. The van der Waals surface area contributed by atoms with Gasteiger partial charge in [0, 0.05) is 0 Å². The fourth-order valence-electron chi connectivity index (χ4n) is 2.12.